The third-order valence-corrected chi connectivity index (χ3v) is 5.65. The Kier molecular flexibility index (Phi) is 4.01. The molecule has 0 fully saturated rings. The molecule has 0 saturated heterocycles. The summed E-state index contributed by atoms with van der Waals surface area (Å²) in [5, 5.41) is 11.4. The second-order valence-electron chi connectivity index (χ2n) is 4.93. The van der Waals surface area contributed by atoms with E-state index in [1.165, 1.54) is 4.88 Å². The first kappa shape index (κ1) is 13.9. The number of para-hydroxylation sites is 1. The van der Waals surface area contributed by atoms with Gasteiger partial charge >= 0.3 is 0 Å². The first-order valence-electron chi connectivity index (χ1n) is 6.63. The van der Waals surface area contributed by atoms with Crippen LogP contribution in [-0.2, 0) is 6.42 Å². The maximum Gasteiger partial charge on any atom is 0.134 e. The number of ether oxygens (including phenoxy) is 1. The predicted octanol–water partition coefficient (Wildman–Crippen LogP) is 3.22. The Hall–Kier alpha value is -1.04. The van der Waals surface area contributed by atoms with Crippen LogP contribution in [0.15, 0.2) is 29.2 Å². The van der Waals surface area contributed by atoms with Gasteiger partial charge in [-0.3, -0.25) is 0 Å². The van der Waals surface area contributed by atoms with Crippen LogP contribution < -0.4 is 4.74 Å². The van der Waals surface area contributed by atoms with Gasteiger partial charge in [-0.25, -0.2) is 4.98 Å². The molecule has 2 aromatic rings. The number of hydrogen-bond donors (Lipinski definition) is 1. The van der Waals surface area contributed by atoms with Crippen LogP contribution in [0.3, 0.4) is 0 Å². The molecule has 20 heavy (non-hydrogen) atoms. The van der Waals surface area contributed by atoms with Crippen molar-refractivity contribution in [2.24, 2.45) is 0 Å². The maximum atomic E-state index is 10.4. The molecule has 1 aliphatic heterocycles. The van der Waals surface area contributed by atoms with Crippen molar-refractivity contribution in [3.8, 4) is 5.75 Å². The molecule has 2 heterocycles. The fraction of sp³-hybridized carbons (Fsp3) is 0.400. The number of aryl methyl sites for hydroxylation is 2. The fourth-order valence-corrected chi connectivity index (χ4v) is 4.21. The van der Waals surface area contributed by atoms with Crippen LogP contribution in [0.25, 0.3) is 0 Å². The minimum absolute atomic E-state index is 0.167. The van der Waals surface area contributed by atoms with Gasteiger partial charge in [-0.2, -0.15) is 0 Å². The van der Waals surface area contributed by atoms with E-state index in [0.29, 0.717) is 6.42 Å². The summed E-state index contributed by atoms with van der Waals surface area (Å²) in [5.74, 6) is 1.65. The third kappa shape index (κ3) is 2.85. The molecule has 0 radical (unpaired) electrons. The SMILES string of the molecule is Cc1nc(CC(O)C2CSc3ccccc3O2)sc1C. The molecule has 2 atom stereocenters. The third-order valence-electron chi connectivity index (χ3n) is 3.42. The highest BCUT2D eigenvalue weighted by Crippen LogP contribution is 2.36. The Morgan fingerprint density at radius 2 is 2.20 bits per heavy atom. The molecule has 3 nitrogen and oxygen atoms in total. The summed E-state index contributed by atoms with van der Waals surface area (Å²) >= 11 is 3.40. The number of aliphatic hydroxyl groups is 1. The number of thioether (sulfide) groups is 1. The quantitative estimate of drug-likeness (QED) is 0.945. The minimum atomic E-state index is -0.513. The molecule has 1 aliphatic rings. The highest BCUT2D eigenvalue weighted by Gasteiger charge is 2.27. The van der Waals surface area contributed by atoms with E-state index in [0.717, 1.165) is 27.1 Å². The van der Waals surface area contributed by atoms with Crippen LogP contribution in [0.2, 0.25) is 0 Å². The molecule has 1 N–H and O–H groups in total. The van der Waals surface area contributed by atoms with Gasteiger partial charge in [-0.15, -0.1) is 23.1 Å². The number of benzene rings is 1. The van der Waals surface area contributed by atoms with Crippen LogP contribution in [-0.4, -0.2) is 28.1 Å². The summed E-state index contributed by atoms with van der Waals surface area (Å²) < 4.78 is 5.91. The van der Waals surface area contributed by atoms with Gasteiger partial charge < -0.3 is 9.84 Å². The van der Waals surface area contributed by atoms with Gasteiger partial charge in [-0.1, -0.05) is 12.1 Å². The first-order valence-corrected chi connectivity index (χ1v) is 8.43. The molecule has 0 amide bonds. The lowest BCUT2D eigenvalue weighted by Crippen LogP contribution is -2.37. The van der Waals surface area contributed by atoms with E-state index in [9.17, 15) is 5.11 Å². The average Bonchev–Trinajstić information content (AvgIpc) is 2.76. The summed E-state index contributed by atoms with van der Waals surface area (Å²) in [6.07, 6.45) is -0.118. The number of fused-ring (bicyclic) bond motifs is 1. The highest BCUT2D eigenvalue weighted by molar-refractivity contribution is 7.99. The molecule has 2 unspecified atom stereocenters. The van der Waals surface area contributed by atoms with Crippen LogP contribution in [0, 0.1) is 13.8 Å². The predicted molar refractivity (Wildman–Crippen MR) is 82.9 cm³/mol. The van der Waals surface area contributed by atoms with E-state index < -0.39 is 6.10 Å². The van der Waals surface area contributed by atoms with Crippen LogP contribution in [0.4, 0.5) is 0 Å². The van der Waals surface area contributed by atoms with Crippen molar-refractivity contribution in [3.63, 3.8) is 0 Å². The van der Waals surface area contributed by atoms with Gasteiger partial charge in [0.25, 0.3) is 0 Å². The summed E-state index contributed by atoms with van der Waals surface area (Å²) in [6, 6.07) is 7.98. The van der Waals surface area contributed by atoms with Crippen molar-refractivity contribution in [1.82, 2.24) is 4.98 Å². The number of aliphatic hydroxyl groups excluding tert-OH is 1. The Balaban J connectivity index is 1.68. The van der Waals surface area contributed by atoms with Crippen molar-refractivity contribution < 1.29 is 9.84 Å². The van der Waals surface area contributed by atoms with Gasteiger partial charge in [0, 0.05) is 21.9 Å². The van der Waals surface area contributed by atoms with Crippen LogP contribution >= 0.6 is 23.1 Å². The van der Waals surface area contributed by atoms with Crippen molar-refractivity contribution in [1.29, 1.82) is 0 Å². The molecule has 106 valence electrons. The Bertz CT molecular complexity index is 592. The van der Waals surface area contributed by atoms with E-state index in [2.05, 4.69) is 18.0 Å². The summed E-state index contributed by atoms with van der Waals surface area (Å²) in [7, 11) is 0. The van der Waals surface area contributed by atoms with Crippen molar-refractivity contribution in [2.45, 2.75) is 37.4 Å². The lowest BCUT2D eigenvalue weighted by atomic mass is 10.1. The second-order valence-corrected chi connectivity index (χ2v) is 7.28. The van der Waals surface area contributed by atoms with E-state index in [1.54, 1.807) is 23.1 Å². The molecule has 3 rings (SSSR count). The second kappa shape index (κ2) is 5.76. The van der Waals surface area contributed by atoms with Gasteiger partial charge in [0.05, 0.1) is 16.8 Å². The zero-order valence-corrected chi connectivity index (χ0v) is 13.1. The number of rotatable bonds is 3. The lowest BCUT2D eigenvalue weighted by molar-refractivity contribution is 0.0468. The fourth-order valence-electron chi connectivity index (χ4n) is 2.16. The molecule has 0 bridgehead atoms. The van der Waals surface area contributed by atoms with Crippen LogP contribution in [0.1, 0.15) is 15.6 Å². The van der Waals surface area contributed by atoms with Crippen LogP contribution in [0.5, 0.6) is 5.75 Å². The molecule has 0 saturated carbocycles. The van der Waals surface area contributed by atoms with Gasteiger partial charge in [-0.05, 0) is 26.0 Å². The minimum Gasteiger partial charge on any atom is -0.486 e. The Labute approximate surface area is 127 Å². The molecule has 1 aromatic heterocycles. The molecule has 0 aliphatic carbocycles. The zero-order valence-electron chi connectivity index (χ0n) is 11.5. The number of aromatic nitrogens is 1. The Morgan fingerprint density at radius 1 is 1.40 bits per heavy atom. The Morgan fingerprint density at radius 3 is 2.95 bits per heavy atom. The monoisotopic (exact) mass is 307 g/mol. The average molecular weight is 307 g/mol. The molecular formula is C15H17NO2S2. The summed E-state index contributed by atoms with van der Waals surface area (Å²) in [4.78, 5) is 6.85. The summed E-state index contributed by atoms with van der Waals surface area (Å²) in [5.41, 5.74) is 1.06. The number of nitrogens with zero attached hydrogens (tertiary/aromatic N) is 1. The maximum absolute atomic E-state index is 10.4. The smallest absolute Gasteiger partial charge is 0.134 e. The molecule has 1 aromatic carbocycles. The van der Waals surface area contributed by atoms with E-state index in [4.69, 9.17) is 4.74 Å². The summed E-state index contributed by atoms with van der Waals surface area (Å²) in [6.45, 7) is 4.07. The number of hydrogen-bond acceptors (Lipinski definition) is 5. The van der Waals surface area contributed by atoms with E-state index in [-0.39, 0.29) is 6.10 Å². The lowest BCUT2D eigenvalue weighted by Gasteiger charge is -2.28. The zero-order chi connectivity index (χ0) is 14.1. The van der Waals surface area contributed by atoms with Gasteiger partial charge in [0.15, 0.2) is 0 Å². The molecule has 0 spiro atoms. The first-order chi connectivity index (χ1) is 9.63. The normalized spacial score (nSPS) is 19.2. The highest BCUT2D eigenvalue weighted by atomic mass is 32.2. The number of thiazole rings is 1. The standard InChI is InChI=1S/C15H17NO2S2/c1-9-10(2)20-15(16-9)7-11(17)13-8-19-14-6-4-3-5-12(14)18-13/h3-6,11,13,17H,7-8H2,1-2H3. The largest absolute Gasteiger partial charge is 0.486 e. The van der Waals surface area contributed by atoms with Crippen molar-refractivity contribution >= 4 is 23.1 Å². The van der Waals surface area contributed by atoms with E-state index in [1.807, 2.05) is 25.1 Å². The van der Waals surface area contributed by atoms with Gasteiger partial charge in [0.1, 0.15) is 11.9 Å². The van der Waals surface area contributed by atoms with Crippen molar-refractivity contribution in [2.75, 3.05) is 5.75 Å². The molecular weight excluding hydrogens is 290 g/mol. The van der Waals surface area contributed by atoms with E-state index >= 15 is 0 Å². The van der Waals surface area contributed by atoms with Crippen molar-refractivity contribution in [3.05, 3.63) is 39.8 Å². The topological polar surface area (TPSA) is 42.4 Å². The van der Waals surface area contributed by atoms with Gasteiger partial charge in [0.2, 0.25) is 0 Å². The molecule has 5 heteroatoms.